The molecule has 0 heterocycles. The molecule has 34 heavy (non-hydrogen) atoms. The molecule has 0 spiro atoms. The number of allylic oxidation sites excluding steroid dienone is 1. The molecule has 2 bridgehead atoms. The Morgan fingerprint density at radius 2 is 1.62 bits per heavy atom. The van der Waals surface area contributed by atoms with Crippen LogP contribution >= 0.6 is 0 Å². The van der Waals surface area contributed by atoms with Gasteiger partial charge in [0.05, 0.1) is 6.61 Å². The SMILES string of the molecule is CC12CCC(C(=Cc3ccc(OCCC[Si](C)(C[Si](C)(C)C)O[Si](C)(C)C)cc3)C1=O)C2(C)C. The summed E-state index contributed by atoms with van der Waals surface area (Å²) in [6.07, 6.45) is 5.33. The van der Waals surface area contributed by atoms with E-state index in [9.17, 15) is 4.79 Å². The Hall–Kier alpha value is -0.959. The van der Waals surface area contributed by atoms with E-state index in [-0.39, 0.29) is 10.8 Å². The van der Waals surface area contributed by atoms with E-state index in [2.05, 4.69) is 84.8 Å². The maximum absolute atomic E-state index is 13.1. The first kappa shape index (κ1) is 27.6. The van der Waals surface area contributed by atoms with Gasteiger partial charge in [0.1, 0.15) is 5.75 Å². The minimum atomic E-state index is -1.72. The van der Waals surface area contributed by atoms with E-state index in [4.69, 9.17) is 8.85 Å². The van der Waals surface area contributed by atoms with E-state index in [1.807, 2.05) is 12.1 Å². The third-order valence-corrected chi connectivity index (χ3v) is 21.2. The fourth-order valence-electron chi connectivity index (χ4n) is 6.61. The maximum atomic E-state index is 13.1. The van der Waals surface area contributed by atoms with Gasteiger partial charge in [-0.25, -0.2) is 0 Å². The first-order valence-electron chi connectivity index (χ1n) is 13.2. The molecule has 0 aromatic heterocycles. The number of carbonyl (C=O) groups is 1. The van der Waals surface area contributed by atoms with Gasteiger partial charge in [-0.15, -0.1) is 0 Å². The maximum Gasteiger partial charge on any atom is 0.174 e. The number of hydrogen-bond donors (Lipinski definition) is 0. The van der Waals surface area contributed by atoms with Crippen LogP contribution in [0.3, 0.4) is 0 Å². The quantitative estimate of drug-likeness (QED) is 0.179. The van der Waals surface area contributed by atoms with Crippen LogP contribution in [0, 0.1) is 16.7 Å². The summed E-state index contributed by atoms with van der Waals surface area (Å²) in [6.45, 7) is 24.2. The highest BCUT2D eigenvalue weighted by Crippen LogP contribution is 2.65. The predicted molar refractivity (Wildman–Crippen MR) is 153 cm³/mol. The molecule has 0 aliphatic heterocycles. The average molecular weight is 517 g/mol. The van der Waals surface area contributed by atoms with Crippen molar-refractivity contribution < 1.29 is 13.6 Å². The van der Waals surface area contributed by atoms with Crippen molar-refractivity contribution in [2.45, 2.75) is 97.6 Å². The standard InChI is InChI=1S/C28H48O3Si3/c1-27(2)25-16-17-28(27,3)26(29)24(25)20-22-12-14-23(15-13-22)30-18-11-19-34(10,21-32(4,5)6)31-33(7,8)9/h12-15,20,25H,11,16-19,21H2,1-10H3. The van der Waals surface area contributed by atoms with Gasteiger partial charge in [-0.1, -0.05) is 52.5 Å². The van der Waals surface area contributed by atoms with Crippen LogP contribution in [0.15, 0.2) is 29.8 Å². The van der Waals surface area contributed by atoms with E-state index in [1.54, 1.807) is 0 Å². The zero-order valence-electron chi connectivity index (χ0n) is 23.4. The second-order valence-electron chi connectivity index (χ2n) is 14.0. The van der Waals surface area contributed by atoms with Crippen molar-refractivity contribution in [1.29, 1.82) is 0 Å². The highest BCUT2D eigenvalue weighted by atomic mass is 28.4. The Kier molecular flexibility index (Phi) is 7.71. The van der Waals surface area contributed by atoms with E-state index < -0.39 is 24.7 Å². The summed E-state index contributed by atoms with van der Waals surface area (Å²) in [6, 6.07) is 9.46. The molecule has 1 aromatic rings. The number of fused-ring (bicyclic) bond motifs is 2. The van der Waals surface area contributed by atoms with E-state index in [1.165, 1.54) is 11.7 Å². The zero-order valence-corrected chi connectivity index (χ0v) is 26.4. The van der Waals surface area contributed by atoms with Gasteiger partial charge in [0, 0.05) is 13.5 Å². The lowest BCUT2D eigenvalue weighted by Gasteiger charge is -2.38. The lowest BCUT2D eigenvalue weighted by Crippen LogP contribution is -2.49. The molecule has 2 fully saturated rings. The first-order chi connectivity index (χ1) is 15.5. The van der Waals surface area contributed by atoms with Crippen LogP contribution < -0.4 is 4.74 Å². The Bertz CT molecular complexity index is 906. The van der Waals surface area contributed by atoms with Gasteiger partial charge in [0.25, 0.3) is 0 Å². The predicted octanol–water partition coefficient (Wildman–Crippen LogP) is 8.17. The van der Waals surface area contributed by atoms with Crippen molar-refractivity contribution >= 4 is 36.6 Å². The Labute approximate surface area is 212 Å². The van der Waals surface area contributed by atoms with Crippen LogP contribution in [0.4, 0.5) is 0 Å². The number of carbonyl (C=O) groups excluding carboxylic acids is 1. The molecule has 3 atom stereocenters. The third-order valence-electron chi connectivity index (χ3n) is 8.14. The number of benzene rings is 1. The highest BCUT2D eigenvalue weighted by Gasteiger charge is 2.63. The summed E-state index contributed by atoms with van der Waals surface area (Å²) < 4.78 is 12.9. The van der Waals surface area contributed by atoms with Gasteiger partial charge in [-0.2, -0.15) is 0 Å². The van der Waals surface area contributed by atoms with Crippen molar-refractivity contribution in [3.05, 3.63) is 35.4 Å². The molecule has 2 aliphatic rings. The van der Waals surface area contributed by atoms with Gasteiger partial charge in [-0.3, -0.25) is 4.79 Å². The van der Waals surface area contributed by atoms with E-state index >= 15 is 0 Å². The number of rotatable bonds is 10. The van der Waals surface area contributed by atoms with E-state index in [0.717, 1.165) is 42.8 Å². The number of ketones is 1. The van der Waals surface area contributed by atoms with E-state index in [0.29, 0.717) is 11.7 Å². The lowest BCUT2D eigenvalue weighted by atomic mass is 9.70. The van der Waals surface area contributed by atoms with Crippen molar-refractivity contribution in [3.8, 4) is 5.75 Å². The van der Waals surface area contributed by atoms with Gasteiger partial charge in [0.15, 0.2) is 22.4 Å². The fourth-order valence-corrected chi connectivity index (χ4v) is 24.4. The monoisotopic (exact) mass is 516 g/mol. The van der Waals surface area contributed by atoms with Crippen molar-refractivity contribution in [2.75, 3.05) is 6.61 Å². The number of ether oxygens (including phenoxy) is 1. The molecule has 3 rings (SSSR count). The number of hydrogen-bond acceptors (Lipinski definition) is 3. The minimum Gasteiger partial charge on any atom is -0.494 e. The Morgan fingerprint density at radius 3 is 2.12 bits per heavy atom. The molecule has 190 valence electrons. The van der Waals surface area contributed by atoms with Gasteiger partial charge in [-0.05, 0) is 97.8 Å². The Morgan fingerprint density at radius 1 is 1.00 bits per heavy atom. The van der Waals surface area contributed by atoms with Gasteiger partial charge < -0.3 is 8.85 Å². The summed E-state index contributed by atoms with van der Waals surface area (Å²) in [5.74, 6) is 1.66. The fraction of sp³-hybridized carbons (Fsp3) is 0.679. The second kappa shape index (κ2) is 9.49. The molecule has 2 aliphatic carbocycles. The van der Waals surface area contributed by atoms with Gasteiger partial charge in [0.2, 0.25) is 0 Å². The molecule has 3 unspecified atom stereocenters. The summed E-state index contributed by atoms with van der Waals surface area (Å²) in [5.41, 5.74) is 3.32. The van der Waals surface area contributed by atoms with Crippen molar-refractivity contribution in [2.24, 2.45) is 16.7 Å². The van der Waals surface area contributed by atoms with Crippen LogP contribution in [0.2, 0.25) is 57.5 Å². The van der Waals surface area contributed by atoms with Crippen LogP contribution in [-0.2, 0) is 8.91 Å². The molecule has 0 amide bonds. The topological polar surface area (TPSA) is 35.5 Å². The minimum absolute atomic E-state index is 0.0610. The van der Waals surface area contributed by atoms with Gasteiger partial charge >= 0.3 is 0 Å². The molecule has 3 nitrogen and oxygen atoms in total. The zero-order chi connectivity index (χ0) is 25.6. The number of Topliss-reactive ketones (excluding diaryl/α,β-unsaturated/α-hetero) is 1. The third kappa shape index (κ3) is 6.05. The second-order valence-corrected chi connectivity index (χ2v) is 29.0. The normalized spacial score (nSPS) is 27.3. The molecule has 0 N–H and O–H groups in total. The summed E-state index contributed by atoms with van der Waals surface area (Å²) in [7, 11) is -4.44. The smallest absolute Gasteiger partial charge is 0.174 e. The van der Waals surface area contributed by atoms with Crippen LogP contribution in [0.5, 0.6) is 5.75 Å². The first-order valence-corrected chi connectivity index (χ1v) is 23.1. The van der Waals surface area contributed by atoms with Crippen LogP contribution in [0.25, 0.3) is 6.08 Å². The largest absolute Gasteiger partial charge is 0.494 e. The molecular formula is C28H48O3Si3. The summed E-state index contributed by atoms with van der Waals surface area (Å²) in [4.78, 5) is 13.1. The highest BCUT2D eigenvalue weighted by molar-refractivity contribution is 6.96. The van der Waals surface area contributed by atoms with Crippen LogP contribution in [0.1, 0.15) is 45.6 Å². The molecule has 0 radical (unpaired) electrons. The molecule has 6 heteroatoms. The van der Waals surface area contributed by atoms with Crippen molar-refractivity contribution in [1.82, 2.24) is 0 Å². The summed E-state index contributed by atoms with van der Waals surface area (Å²) >= 11 is 0. The summed E-state index contributed by atoms with van der Waals surface area (Å²) in [5, 5.41) is 0. The van der Waals surface area contributed by atoms with Crippen LogP contribution in [-0.4, -0.2) is 37.1 Å². The average Bonchev–Trinajstić information content (AvgIpc) is 2.97. The molecule has 0 saturated heterocycles. The molecule has 2 saturated carbocycles. The lowest BCUT2D eigenvalue weighted by molar-refractivity contribution is -0.125. The molecule has 1 aromatic carbocycles. The Balaban J connectivity index is 1.57. The molecular weight excluding hydrogens is 469 g/mol. The van der Waals surface area contributed by atoms with Crippen molar-refractivity contribution in [3.63, 3.8) is 0 Å².